The van der Waals surface area contributed by atoms with E-state index in [2.05, 4.69) is 10.5 Å². The molecule has 0 unspecified atom stereocenters. The summed E-state index contributed by atoms with van der Waals surface area (Å²) in [6, 6.07) is 0. The lowest BCUT2D eigenvalue weighted by molar-refractivity contribution is 0.0971. The van der Waals surface area contributed by atoms with Crippen LogP contribution in [0.5, 0.6) is 0 Å². The van der Waals surface area contributed by atoms with E-state index >= 15 is 0 Å². The van der Waals surface area contributed by atoms with E-state index in [1.807, 2.05) is 0 Å². The van der Waals surface area contributed by atoms with Crippen LogP contribution in [0, 0.1) is 0 Å². The zero-order valence-corrected chi connectivity index (χ0v) is 10.3. The molecular formula is C11H20N4O3. The fourth-order valence-electron chi connectivity index (χ4n) is 1.81. The van der Waals surface area contributed by atoms with Crippen LogP contribution in [0.1, 0.15) is 28.9 Å². The number of aliphatic hydroxyl groups excluding tert-OH is 2. The average Bonchev–Trinajstić information content (AvgIpc) is 2.77. The molecule has 18 heavy (non-hydrogen) atoms. The van der Waals surface area contributed by atoms with Crippen LogP contribution in [-0.2, 0) is 13.0 Å². The maximum Gasteiger partial charge on any atom is 0.166 e. The van der Waals surface area contributed by atoms with Gasteiger partial charge >= 0.3 is 0 Å². The maximum atomic E-state index is 11.4. The number of hydrazine groups is 1. The van der Waals surface area contributed by atoms with Crippen LogP contribution in [-0.4, -0.2) is 45.5 Å². The molecule has 7 nitrogen and oxygen atoms in total. The van der Waals surface area contributed by atoms with Gasteiger partial charge in [-0.25, -0.2) is 0 Å². The smallest absolute Gasteiger partial charge is 0.166 e. The van der Waals surface area contributed by atoms with Gasteiger partial charge in [-0.1, -0.05) is 0 Å². The van der Waals surface area contributed by atoms with Gasteiger partial charge in [0.25, 0.3) is 0 Å². The first kappa shape index (κ1) is 14.8. The molecule has 1 aliphatic rings. The second kappa shape index (κ2) is 7.93. The van der Waals surface area contributed by atoms with Crippen molar-refractivity contribution in [1.29, 1.82) is 0 Å². The molecule has 0 fully saturated rings. The Morgan fingerprint density at radius 2 is 2.17 bits per heavy atom. The standard InChI is InChI=1S/C9H12N2O2.C2H8N2O/c12-5-4-11-8-2-1-3-9(13)7(8)6-10-11;3-4-1-2-5/h6,12H,1-5H2;4-5H,1-3H2. The van der Waals surface area contributed by atoms with Gasteiger partial charge in [-0.3, -0.25) is 20.7 Å². The van der Waals surface area contributed by atoms with Crippen molar-refractivity contribution in [2.24, 2.45) is 5.84 Å². The zero-order valence-electron chi connectivity index (χ0n) is 10.3. The number of ketones is 1. The molecule has 0 spiro atoms. The van der Waals surface area contributed by atoms with Gasteiger partial charge in [-0.15, -0.1) is 0 Å². The number of nitrogens with two attached hydrogens (primary N) is 1. The molecule has 0 aromatic carbocycles. The van der Waals surface area contributed by atoms with Crippen molar-refractivity contribution in [2.45, 2.75) is 25.8 Å². The Kier molecular flexibility index (Phi) is 6.51. The Morgan fingerprint density at radius 1 is 1.39 bits per heavy atom. The summed E-state index contributed by atoms with van der Waals surface area (Å²) in [4.78, 5) is 11.4. The lowest BCUT2D eigenvalue weighted by Gasteiger charge is -2.12. The predicted molar refractivity (Wildman–Crippen MR) is 65.9 cm³/mol. The Morgan fingerprint density at radius 3 is 2.72 bits per heavy atom. The Hall–Kier alpha value is -1.28. The lowest BCUT2D eigenvalue weighted by Crippen LogP contribution is -2.24. The van der Waals surface area contributed by atoms with Gasteiger partial charge in [0.2, 0.25) is 0 Å². The molecule has 7 heteroatoms. The van der Waals surface area contributed by atoms with E-state index in [0.717, 1.165) is 24.1 Å². The Labute approximate surface area is 106 Å². The Bertz CT molecular complexity index is 376. The van der Waals surface area contributed by atoms with Gasteiger partial charge < -0.3 is 10.2 Å². The predicted octanol–water partition coefficient (Wildman–Crippen LogP) is -1.16. The van der Waals surface area contributed by atoms with Gasteiger partial charge in [0, 0.05) is 18.7 Å². The number of hydrogen-bond acceptors (Lipinski definition) is 6. The number of nitrogens with zero attached hydrogens (tertiary/aromatic N) is 2. The number of carbonyl (C=O) groups is 1. The molecule has 1 aliphatic carbocycles. The van der Waals surface area contributed by atoms with E-state index in [9.17, 15) is 4.79 Å². The molecule has 102 valence electrons. The van der Waals surface area contributed by atoms with E-state index in [-0.39, 0.29) is 19.0 Å². The van der Waals surface area contributed by atoms with Crippen LogP contribution >= 0.6 is 0 Å². The van der Waals surface area contributed by atoms with Crippen LogP contribution in [0.25, 0.3) is 0 Å². The van der Waals surface area contributed by atoms with E-state index in [1.54, 1.807) is 10.9 Å². The van der Waals surface area contributed by atoms with E-state index in [4.69, 9.17) is 16.1 Å². The van der Waals surface area contributed by atoms with Crippen molar-refractivity contribution in [3.05, 3.63) is 17.5 Å². The van der Waals surface area contributed by atoms with Crippen molar-refractivity contribution >= 4 is 5.78 Å². The third kappa shape index (κ3) is 3.88. The summed E-state index contributed by atoms with van der Waals surface area (Å²) in [5, 5.41) is 20.8. The summed E-state index contributed by atoms with van der Waals surface area (Å²) in [5.41, 5.74) is 4.01. The molecule has 2 rings (SSSR count). The van der Waals surface area contributed by atoms with Crippen LogP contribution in [0.4, 0.5) is 0 Å². The molecule has 0 bridgehead atoms. The van der Waals surface area contributed by atoms with Gasteiger partial charge in [0.15, 0.2) is 5.78 Å². The second-order valence-corrected chi connectivity index (χ2v) is 3.91. The molecule has 1 heterocycles. The molecule has 1 aromatic heterocycles. The number of carbonyl (C=O) groups excluding carboxylic acids is 1. The number of aromatic nitrogens is 2. The fraction of sp³-hybridized carbons (Fsp3) is 0.636. The molecule has 0 aliphatic heterocycles. The SMILES string of the molecule is NNCCO.O=C1CCCc2c1cnn2CCO. The third-order valence-corrected chi connectivity index (χ3v) is 2.63. The minimum absolute atomic E-state index is 0.0717. The number of nitrogens with one attached hydrogen (secondary N) is 1. The third-order valence-electron chi connectivity index (χ3n) is 2.63. The number of rotatable bonds is 4. The first-order valence-electron chi connectivity index (χ1n) is 5.97. The normalized spacial score (nSPS) is 13.8. The highest BCUT2D eigenvalue weighted by atomic mass is 16.3. The molecule has 0 radical (unpaired) electrons. The number of hydrogen-bond donors (Lipinski definition) is 4. The summed E-state index contributed by atoms with van der Waals surface area (Å²) in [5.74, 6) is 4.91. The van der Waals surface area contributed by atoms with E-state index in [0.29, 0.717) is 19.5 Å². The maximum absolute atomic E-state index is 11.4. The van der Waals surface area contributed by atoms with Crippen LogP contribution < -0.4 is 11.3 Å². The average molecular weight is 256 g/mol. The molecule has 0 saturated heterocycles. The largest absolute Gasteiger partial charge is 0.395 e. The summed E-state index contributed by atoms with van der Waals surface area (Å²) >= 11 is 0. The van der Waals surface area contributed by atoms with Gasteiger partial charge in [-0.2, -0.15) is 5.10 Å². The monoisotopic (exact) mass is 256 g/mol. The highest BCUT2D eigenvalue weighted by Crippen LogP contribution is 2.20. The van der Waals surface area contributed by atoms with Gasteiger partial charge in [0.1, 0.15) is 0 Å². The van der Waals surface area contributed by atoms with Crippen molar-refractivity contribution in [3.8, 4) is 0 Å². The minimum atomic E-state index is 0.0717. The van der Waals surface area contributed by atoms with Gasteiger partial charge in [-0.05, 0) is 12.8 Å². The van der Waals surface area contributed by atoms with Gasteiger partial charge in [0.05, 0.1) is 31.5 Å². The van der Waals surface area contributed by atoms with Crippen molar-refractivity contribution in [1.82, 2.24) is 15.2 Å². The van der Waals surface area contributed by atoms with Crippen molar-refractivity contribution in [2.75, 3.05) is 19.8 Å². The lowest BCUT2D eigenvalue weighted by atomic mass is 9.97. The quantitative estimate of drug-likeness (QED) is 0.399. The molecular weight excluding hydrogens is 236 g/mol. The molecule has 1 aromatic rings. The van der Waals surface area contributed by atoms with Crippen LogP contribution in [0.15, 0.2) is 6.20 Å². The van der Waals surface area contributed by atoms with Crippen molar-refractivity contribution in [3.63, 3.8) is 0 Å². The minimum Gasteiger partial charge on any atom is -0.395 e. The molecule has 0 amide bonds. The zero-order chi connectivity index (χ0) is 13.4. The first-order chi connectivity index (χ1) is 8.74. The van der Waals surface area contributed by atoms with Crippen LogP contribution in [0.3, 0.4) is 0 Å². The van der Waals surface area contributed by atoms with Crippen LogP contribution in [0.2, 0.25) is 0 Å². The number of Topliss-reactive ketones (excluding diaryl/α,β-unsaturated/α-hetero) is 1. The number of aliphatic hydroxyl groups is 2. The van der Waals surface area contributed by atoms with E-state index in [1.165, 1.54) is 0 Å². The molecule has 0 atom stereocenters. The molecule has 5 N–H and O–H groups in total. The van der Waals surface area contributed by atoms with Crippen molar-refractivity contribution < 1.29 is 15.0 Å². The Balaban J connectivity index is 0.000000280. The number of fused-ring (bicyclic) bond motifs is 1. The topological polar surface area (TPSA) is 113 Å². The van der Waals surface area contributed by atoms with E-state index < -0.39 is 0 Å². The highest BCUT2D eigenvalue weighted by molar-refractivity contribution is 5.97. The molecule has 0 saturated carbocycles. The summed E-state index contributed by atoms with van der Waals surface area (Å²) in [6.45, 7) is 1.14. The fourth-order valence-corrected chi connectivity index (χ4v) is 1.81. The second-order valence-electron chi connectivity index (χ2n) is 3.91. The summed E-state index contributed by atoms with van der Waals surface area (Å²) in [7, 11) is 0. The summed E-state index contributed by atoms with van der Waals surface area (Å²) in [6.07, 6.45) is 4.06. The first-order valence-corrected chi connectivity index (χ1v) is 5.97. The highest BCUT2D eigenvalue weighted by Gasteiger charge is 2.21. The summed E-state index contributed by atoms with van der Waals surface area (Å²) < 4.78 is 1.73.